The Balaban J connectivity index is 0.000000139. The molecule has 0 spiro atoms. The van der Waals surface area contributed by atoms with E-state index in [1.54, 1.807) is 157 Å². The molecule has 5 amide bonds. The lowest BCUT2D eigenvalue weighted by molar-refractivity contribution is 0.101. The van der Waals surface area contributed by atoms with Gasteiger partial charge in [0.25, 0.3) is 57.3 Å². The number of hydrogen-bond acceptors (Lipinski definition) is 23. The lowest BCUT2D eigenvalue weighted by Gasteiger charge is -2.11. The maximum atomic E-state index is 12.8. The van der Waals surface area contributed by atoms with Gasteiger partial charge in [0.05, 0.1) is 63.0 Å². The van der Waals surface area contributed by atoms with Crippen LogP contribution in [-0.2, 0) is 44.9 Å². The van der Waals surface area contributed by atoms with Gasteiger partial charge in [0, 0.05) is 101 Å². The summed E-state index contributed by atoms with van der Waals surface area (Å²) in [5.41, 5.74) is 11.4. The summed E-state index contributed by atoms with van der Waals surface area (Å²) >= 11 is 14.6. The minimum absolute atomic E-state index is 0.129. The van der Waals surface area contributed by atoms with Crippen LogP contribution in [0.5, 0.6) is 5.75 Å². The van der Waals surface area contributed by atoms with Crippen molar-refractivity contribution in [2.24, 2.45) is 0 Å². The number of ether oxygens (including phenoxy) is 1. The summed E-state index contributed by atoms with van der Waals surface area (Å²) in [5, 5.41) is 38.8. The molecular formula is C90H91Cl2N25O11S2. The molecular weight excluding hydrogens is 1740 g/mol. The minimum Gasteiger partial charge on any atom is -0.496 e. The number of nitrogens with zero attached hydrogens (tertiary/aromatic N) is 15. The minimum atomic E-state index is -0.349. The number of anilines is 5. The average molecular weight is 1830 g/mol. The number of aromatic nitrogens is 20. The number of thioether (sulfide) groups is 1. The van der Waals surface area contributed by atoms with Crippen LogP contribution >= 0.6 is 46.3 Å². The van der Waals surface area contributed by atoms with Crippen molar-refractivity contribution >= 4 is 105 Å². The van der Waals surface area contributed by atoms with E-state index >= 15 is 0 Å². The van der Waals surface area contributed by atoms with Gasteiger partial charge >= 0.3 is 0 Å². The summed E-state index contributed by atoms with van der Waals surface area (Å²) in [7, 11) is 1.51. The lowest BCUT2D eigenvalue weighted by Crippen LogP contribution is -2.22. The van der Waals surface area contributed by atoms with E-state index in [1.807, 2.05) is 70.5 Å². The van der Waals surface area contributed by atoms with Gasteiger partial charge in [-0.25, -0.2) is 24.9 Å². The molecule has 15 aromatic rings. The van der Waals surface area contributed by atoms with Crippen LogP contribution in [0, 0.1) is 55.4 Å². The van der Waals surface area contributed by atoms with Gasteiger partial charge in [-0.2, -0.15) is 48.9 Å². The Labute approximate surface area is 760 Å². The second kappa shape index (κ2) is 41.3. The third-order valence-electron chi connectivity index (χ3n) is 20.6. The summed E-state index contributed by atoms with van der Waals surface area (Å²) in [6.07, 6.45) is 8.64. The van der Waals surface area contributed by atoms with E-state index in [1.165, 1.54) is 53.6 Å². The number of carbonyl (C=O) groups excluding carboxylic acids is 5. The van der Waals surface area contributed by atoms with E-state index in [0.717, 1.165) is 71.6 Å². The molecule has 0 radical (unpaired) electrons. The van der Waals surface area contributed by atoms with E-state index in [9.17, 15) is 47.9 Å². The SMILES string of the molecule is CCc1c(C)nc(-n2nc(C)cc2NC(=O)c2ccc(Cl)cc2)[nH]c1=O.CCc1c(C)nc(-n2nc(C)cc2NC(=O)c2ccccc2OC)[nH]c1=O.CCc1c(C)nc(-n2nc(C)cc2NC(=O)c2ccccc2SC)[nH]c1=O.Cc1cc(NC(=O)c2ccc(Cl)cc2)n(-c2nc3c(c(=O)[nH]2)CCC3)n1.Cc1cc(NC(=O)c2cccs2)n(-c2nc3c(c(=O)[nH]2)CCC3)n1. The quantitative estimate of drug-likeness (QED) is 0.0317. The van der Waals surface area contributed by atoms with Crippen molar-refractivity contribution in [1.82, 2.24) is 98.7 Å². The monoisotopic (exact) mass is 1830 g/mol. The highest BCUT2D eigenvalue weighted by molar-refractivity contribution is 7.98. The molecule has 130 heavy (non-hydrogen) atoms. The second-order valence-electron chi connectivity index (χ2n) is 29.8. The van der Waals surface area contributed by atoms with Gasteiger partial charge in [-0.3, -0.25) is 72.9 Å². The predicted octanol–water partition coefficient (Wildman–Crippen LogP) is 13.3. The maximum absolute atomic E-state index is 12.8. The Kier molecular flexibility index (Phi) is 29.4. The molecule has 10 N–H and O–H groups in total. The molecule has 4 aromatic carbocycles. The average Bonchev–Trinajstić information content (AvgIpc) is 1.64. The Morgan fingerprint density at radius 2 is 0.723 bits per heavy atom. The van der Waals surface area contributed by atoms with Crippen LogP contribution in [0.3, 0.4) is 0 Å². The fourth-order valence-corrected chi connectivity index (χ4v) is 15.8. The topological polar surface area (TPSA) is 473 Å². The molecule has 0 fully saturated rings. The molecule has 0 atom stereocenters. The number of para-hydroxylation sites is 1. The van der Waals surface area contributed by atoms with Gasteiger partial charge in [-0.15, -0.1) is 23.1 Å². The first-order chi connectivity index (χ1) is 62.4. The zero-order valence-electron chi connectivity index (χ0n) is 73.0. The van der Waals surface area contributed by atoms with E-state index in [4.69, 9.17) is 27.9 Å². The van der Waals surface area contributed by atoms with Gasteiger partial charge < -0.3 is 31.3 Å². The first-order valence-electron chi connectivity index (χ1n) is 41.2. The molecule has 2 aliphatic carbocycles. The van der Waals surface area contributed by atoms with Crippen LogP contribution in [0.2, 0.25) is 10.0 Å². The number of aryl methyl sites for hydroxylation is 10. The number of amides is 5. The van der Waals surface area contributed by atoms with Crippen LogP contribution in [-0.4, -0.2) is 142 Å². The normalized spacial score (nSPS) is 11.6. The van der Waals surface area contributed by atoms with E-state index in [-0.39, 0.29) is 75.2 Å². The predicted molar refractivity (Wildman–Crippen MR) is 498 cm³/mol. The first kappa shape index (κ1) is 92.8. The van der Waals surface area contributed by atoms with Crippen molar-refractivity contribution < 1.29 is 28.7 Å². The van der Waals surface area contributed by atoms with Crippen molar-refractivity contribution in [3.63, 3.8) is 0 Å². The number of halogens is 2. The smallest absolute Gasteiger partial charge is 0.266 e. The standard InChI is InChI=1S/C19H21N5O3.C19H21N5O2S.C18H16ClN5O2.C18H18ClN5O2.C16H15N5O2S/c2*1-5-13-12(3)20-19(22-17(13)25)24-16(10-11(2)23-24)21-18(26)14-8-6-7-9-15(14)27-4;1-10-9-15(21-16(25)11-5-7-12(19)8-6-11)24(23-10)18-20-14-4-2-3-13(14)17(26)22-18;1-4-14-11(3)20-18(22-17(14)26)24-15(9-10(2)23-24)21-16(25)12-5-7-13(19)8-6-12;1-9-8-13(18-15(23)12-6-3-7-24-12)21(20-9)16-17-11-5-2-4-10(11)14(22)19-16/h2*6-10H,5H2,1-4H3,(H,21,26)(H,20,22,25);5-9H,2-4H2,1H3,(H,21,25)(H,20,22,26);5-9H,4H2,1-3H3,(H,21,25)(H,20,22,26);3,6-8H,2,4-5H2,1H3,(H,18,23)(H,17,19,22). The number of methoxy groups -OCH3 is 1. The molecule has 0 unspecified atom stereocenters. The second-order valence-corrected chi connectivity index (χ2v) is 32.5. The number of aromatic amines is 5. The van der Waals surface area contributed by atoms with Gasteiger partial charge in [0.2, 0.25) is 29.7 Å². The fourth-order valence-electron chi connectivity index (χ4n) is 14.3. The Morgan fingerprint density at radius 1 is 0.400 bits per heavy atom. The lowest BCUT2D eigenvalue weighted by atomic mass is 10.2. The highest BCUT2D eigenvalue weighted by Gasteiger charge is 2.26. The Morgan fingerprint density at radius 3 is 1.06 bits per heavy atom. The highest BCUT2D eigenvalue weighted by atomic mass is 35.5. The van der Waals surface area contributed by atoms with Gasteiger partial charge in [0.1, 0.15) is 34.8 Å². The van der Waals surface area contributed by atoms with Gasteiger partial charge in [-0.1, -0.05) is 74.3 Å². The third-order valence-corrected chi connectivity index (χ3v) is 22.7. The molecule has 2 aliphatic rings. The van der Waals surface area contributed by atoms with E-state index in [0.29, 0.717) is 160 Å². The Bertz CT molecular complexity index is 6910. The molecule has 0 aliphatic heterocycles. The molecule has 0 bridgehead atoms. The maximum Gasteiger partial charge on any atom is 0.266 e. The number of H-pyrrole nitrogens is 5. The number of nitrogens with one attached hydrogen (secondary N) is 10. The number of rotatable bonds is 20. The number of carbonyl (C=O) groups is 5. The molecule has 0 saturated heterocycles. The molecule has 11 heterocycles. The van der Waals surface area contributed by atoms with Gasteiger partial charge in [-0.05, 0) is 204 Å². The van der Waals surface area contributed by atoms with Crippen molar-refractivity contribution in [1.29, 1.82) is 0 Å². The zero-order chi connectivity index (χ0) is 92.9. The van der Waals surface area contributed by atoms with E-state index in [2.05, 4.69) is 102 Å². The van der Waals surface area contributed by atoms with Crippen LogP contribution in [0.15, 0.2) is 174 Å². The summed E-state index contributed by atoms with van der Waals surface area (Å²) in [6, 6.07) is 39.6. The van der Waals surface area contributed by atoms with Crippen molar-refractivity contribution in [3.05, 3.63) is 319 Å². The molecule has 36 nitrogen and oxygen atoms in total. The number of hydrogen-bond donors (Lipinski definition) is 10. The van der Waals surface area contributed by atoms with Gasteiger partial charge in [0.15, 0.2) is 0 Å². The van der Waals surface area contributed by atoms with Crippen LogP contribution in [0.25, 0.3) is 29.7 Å². The van der Waals surface area contributed by atoms with Crippen molar-refractivity contribution in [2.75, 3.05) is 39.9 Å². The Hall–Kier alpha value is -14.9. The largest absolute Gasteiger partial charge is 0.496 e. The van der Waals surface area contributed by atoms with Crippen LogP contribution in [0.4, 0.5) is 29.1 Å². The number of benzene rings is 4. The zero-order valence-corrected chi connectivity index (χ0v) is 76.1. The fraction of sp³-hybridized carbons (Fsp3) is 0.244. The van der Waals surface area contributed by atoms with Crippen LogP contribution < -0.4 is 59.1 Å². The molecule has 17 rings (SSSR count). The van der Waals surface area contributed by atoms with Crippen molar-refractivity contribution in [3.8, 4) is 35.5 Å². The first-order valence-corrected chi connectivity index (χ1v) is 44.0. The van der Waals surface area contributed by atoms with Crippen molar-refractivity contribution in [2.45, 2.75) is 139 Å². The summed E-state index contributed by atoms with van der Waals surface area (Å²) in [5.74, 6) is 2.62. The number of thiophene rings is 1. The molecule has 668 valence electrons. The highest BCUT2D eigenvalue weighted by Crippen LogP contribution is 2.28. The molecule has 40 heteroatoms. The summed E-state index contributed by atoms with van der Waals surface area (Å²) in [4.78, 5) is 162. The van der Waals surface area contributed by atoms with E-state index < -0.39 is 0 Å². The van der Waals surface area contributed by atoms with Crippen LogP contribution in [0.1, 0.15) is 169 Å². The molecule has 11 aromatic heterocycles. The molecule has 0 saturated carbocycles. The summed E-state index contributed by atoms with van der Waals surface area (Å²) < 4.78 is 12.4. The summed E-state index contributed by atoms with van der Waals surface area (Å²) in [6.45, 7) is 20.1. The number of fused-ring (bicyclic) bond motifs is 2. The third kappa shape index (κ3) is 21.7.